The Morgan fingerprint density at radius 3 is 2.34 bits per heavy atom. The highest BCUT2D eigenvalue weighted by Crippen LogP contribution is 2.38. The van der Waals surface area contributed by atoms with Crippen molar-refractivity contribution in [3.05, 3.63) is 34.9 Å². The number of amides is 2. The molecule has 2 amide bonds. The van der Waals surface area contributed by atoms with Gasteiger partial charge in [0.25, 0.3) is 0 Å². The third-order valence-corrected chi connectivity index (χ3v) is 8.39. The molecule has 1 aromatic rings. The molecule has 6 heteroatoms. The number of carbonyl (C=O) groups excluding carboxylic acids is 2. The molecule has 6 nitrogen and oxygen atoms in total. The van der Waals surface area contributed by atoms with Crippen molar-refractivity contribution in [2.75, 3.05) is 26.3 Å². The van der Waals surface area contributed by atoms with E-state index in [1.807, 2.05) is 0 Å². The fraction of sp³-hybridized carbons (Fsp3) is 0.750. The van der Waals surface area contributed by atoms with E-state index in [1.54, 1.807) is 0 Å². The predicted octanol–water partition coefficient (Wildman–Crippen LogP) is 5.54. The van der Waals surface area contributed by atoms with Crippen molar-refractivity contribution in [2.24, 2.45) is 17.3 Å². The van der Waals surface area contributed by atoms with E-state index in [1.165, 1.54) is 16.7 Å². The van der Waals surface area contributed by atoms with Crippen LogP contribution in [0, 0.1) is 31.1 Å². The molecule has 1 aromatic carbocycles. The molecule has 1 spiro atoms. The Hall–Kier alpha value is -1.92. The Bertz CT molecular complexity index is 905. The highest BCUT2D eigenvalue weighted by atomic mass is 16.5. The van der Waals surface area contributed by atoms with Gasteiger partial charge in [-0.3, -0.25) is 14.5 Å². The third-order valence-electron chi connectivity index (χ3n) is 8.39. The molecule has 0 aromatic heterocycles. The molecule has 214 valence electrons. The summed E-state index contributed by atoms with van der Waals surface area (Å²) in [5.41, 5.74) is 3.59. The van der Waals surface area contributed by atoms with E-state index in [0.29, 0.717) is 31.5 Å². The summed E-state index contributed by atoms with van der Waals surface area (Å²) in [6.45, 7) is 16.9. The number of benzene rings is 1. The van der Waals surface area contributed by atoms with Crippen LogP contribution in [0.25, 0.3) is 0 Å². The Balaban J connectivity index is 1.75. The fourth-order valence-electron chi connectivity index (χ4n) is 6.06. The molecular formula is C32H53N3O3. The first-order chi connectivity index (χ1) is 18.1. The number of hydrogen-bond donors (Lipinski definition) is 2. The van der Waals surface area contributed by atoms with E-state index in [9.17, 15) is 9.59 Å². The first-order valence-electron chi connectivity index (χ1n) is 15.1. The van der Waals surface area contributed by atoms with Gasteiger partial charge < -0.3 is 15.4 Å². The number of hydrogen-bond acceptors (Lipinski definition) is 4. The minimum atomic E-state index is -0.509. The van der Waals surface area contributed by atoms with E-state index in [0.717, 1.165) is 64.6 Å². The second-order valence-corrected chi connectivity index (χ2v) is 12.9. The summed E-state index contributed by atoms with van der Waals surface area (Å²) in [7, 11) is 0. The van der Waals surface area contributed by atoms with Crippen LogP contribution in [0.3, 0.4) is 0 Å². The first kappa shape index (κ1) is 30.6. The van der Waals surface area contributed by atoms with Crippen molar-refractivity contribution in [1.82, 2.24) is 15.5 Å². The number of rotatable bonds is 6. The number of likely N-dealkylation sites (tertiary alicyclic amines) is 1. The average Bonchev–Trinajstić information content (AvgIpc) is 2.85. The Morgan fingerprint density at radius 2 is 1.66 bits per heavy atom. The van der Waals surface area contributed by atoms with Crippen LogP contribution in [-0.2, 0) is 20.9 Å². The molecule has 2 atom stereocenters. The molecule has 2 N–H and O–H groups in total. The molecule has 0 saturated carbocycles. The SMILES string of the molecule is Cc1ccc(C)c(CN2CCC3(CCCCCOC[C@H](CC(C)C)NC(=O)[C@H](CC(C)C)NC3=O)CC2)c1. The predicted molar refractivity (Wildman–Crippen MR) is 155 cm³/mol. The van der Waals surface area contributed by atoms with Gasteiger partial charge in [-0.1, -0.05) is 64.3 Å². The molecule has 2 heterocycles. The van der Waals surface area contributed by atoms with E-state index < -0.39 is 11.5 Å². The molecule has 3 rings (SSSR count). The molecule has 0 bridgehead atoms. The summed E-state index contributed by atoms with van der Waals surface area (Å²) < 4.78 is 5.99. The number of nitrogens with zero attached hydrogens (tertiary/aromatic N) is 1. The maximum absolute atomic E-state index is 14.0. The largest absolute Gasteiger partial charge is 0.379 e. The third kappa shape index (κ3) is 9.08. The number of piperidine rings is 1. The molecule has 0 unspecified atom stereocenters. The van der Waals surface area contributed by atoms with Gasteiger partial charge in [-0.15, -0.1) is 0 Å². The van der Waals surface area contributed by atoms with Crippen molar-refractivity contribution in [3.8, 4) is 0 Å². The summed E-state index contributed by atoms with van der Waals surface area (Å²) >= 11 is 0. The van der Waals surface area contributed by atoms with Crippen molar-refractivity contribution < 1.29 is 14.3 Å². The molecule has 2 aliphatic heterocycles. The molecule has 0 aliphatic carbocycles. The Kier molecular flexibility index (Phi) is 11.7. The lowest BCUT2D eigenvalue weighted by atomic mass is 9.73. The number of carbonyl (C=O) groups is 2. The van der Waals surface area contributed by atoms with Crippen LogP contribution in [0.1, 0.15) is 95.8 Å². The second-order valence-electron chi connectivity index (χ2n) is 12.9. The zero-order valence-corrected chi connectivity index (χ0v) is 24.9. The van der Waals surface area contributed by atoms with Crippen LogP contribution >= 0.6 is 0 Å². The van der Waals surface area contributed by atoms with Crippen LogP contribution in [0.4, 0.5) is 0 Å². The number of nitrogens with one attached hydrogen (secondary N) is 2. The van der Waals surface area contributed by atoms with Gasteiger partial charge in [0, 0.05) is 13.2 Å². The maximum Gasteiger partial charge on any atom is 0.242 e. The normalized spacial score (nSPS) is 24.3. The summed E-state index contributed by atoms with van der Waals surface area (Å²) in [5, 5.41) is 6.48. The molecule has 2 fully saturated rings. The van der Waals surface area contributed by atoms with Gasteiger partial charge in [-0.05, 0) is 88.4 Å². The average molecular weight is 528 g/mol. The van der Waals surface area contributed by atoms with Gasteiger partial charge in [-0.2, -0.15) is 0 Å². The topological polar surface area (TPSA) is 70.7 Å². The van der Waals surface area contributed by atoms with E-state index >= 15 is 0 Å². The summed E-state index contributed by atoms with van der Waals surface area (Å²) in [6.07, 6.45) is 7.15. The van der Waals surface area contributed by atoms with Gasteiger partial charge in [0.1, 0.15) is 6.04 Å². The van der Waals surface area contributed by atoms with Crippen LogP contribution < -0.4 is 10.6 Å². The van der Waals surface area contributed by atoms with Crippen LogP contribution in [0.5, 0.6) is 0 Å². The fourth-order valence-corrected chi connectivity index (χ4v) is 6.06. The number of aryl methyl sites for hydroxylation is 2. The maximum atomic E-state index is 14.0. The second kappa shape index (κ2) is 14.5. The first-order valence-corrected chi connectivity index (χ1v) is 15.1. The van der Waals surface area contributed by atoms with Crippen LogP contribution in [0.2, 0.25) is 0 Å². The number of ether oxygens (including phenoxy) is 1. The van der Waals surface area contributed by atoms with Crippen LogP contribution in [-0.4, -0.2) is 55.1 Å². The molecule has 38 heavy (non-hydrogen) atoms. The van der Waals surface area contributed by atoms with Crippen LogP contribution in [0.15, 0.2) is 18.2 Å². The van der Waals surface area contributed by atoms with E-state index in [4.69, 9.17) is 4.74 Å². The lowest BCUT2D eigenvalue weighted by Crippen LogP contribution is -2.56. The van der Waals surface area contributed by atoms with Gasteiger partial charge in [0.15, 0.2) is 0 Å². The van der Waals surface area contributed by atoms with Gasteiger partial charge >= 0.3 is 0 Å². The lowest BCUT2D eigenvalue weighted by Gasteiger charge is -2.42. The highest BCUT2D eigenvalue weighted by molar-refractivity contribution is 5.90. The Labute approximate surface area is 231 Å². The summed E-state index contributed by atoms with van der Waals surface area (Å²) in [4.78, 5) is 29.9. The summed E-state index contributed by atoms with van der Waals surface area (Å²) in [6, 6.07) is 6.13. The van der Waals surface area contributed by atoms with Crippen molar-refractivity contribution in [1.29, 1.82) is 0 Å². The minimum Gasteiger partial charge on any atom is -0.379 e. The minimum absolute atomic E-state index is 0.0284. The Morgan fingerprint density at radius 1 is 0.947 bits per heavy atom. The summed E-state index contributed by atoms with van der Waals surface area (Å²) in [5.74, 6) is 0.775. The van der Waals surface area contributed by atoms with Gasteiger partial charge in [0.05, 0.1) is 18.1 Å². The van der Waals surface area contributed by atoms with Crippen molar-refractivity contribution in [2.45, 2.75) is 112 Å². The smallest absolute Gasteiger partial charge is 0.242 e. The van der Waals surface area contributed by atoms with E-state index in [2.05, 4.69) is 75.3 Å². The monoisotopic (exact) mass is 527 g/mol. The zero-order chi connectivity index (χ0) is 27.7. The molecule has 0 radical (unpaired) electrons. The standard InChI is InChI=1S/C32H53N3O3/c1-23(2)18-28-22-38-17-9-7-8-12-32(31(37)34-29(19-24(3)4)30(36)33-28)13-15-35(16-14-32)21-27-20-25(5)10-11-26(27)6/h10-11,20,23-24,28-29H,7-9,12-19,21-22H2,1-6H3,(H,33,36)(H,34,37)/t28-,29-/m0/s1. The molecule has 2 saturated heterocycles. The molecule has 2 aliphatic rings. The zero-order valence-electron chi connectivity index (χ0n) is 24.9. The quantitative estimate of drug-likeness (QED) is 0.510. The van der Waals surface area contributed by atoms with Gasteiger partial charge in [-0.25, -0.2) is 0 Å². The highest BCUT2D eigenvalue weighted by Gasteiger charge is 2.42. The molecular weight excluding hydrogens is 474 g/mol. The van der Waals surface area contributed by atoms with Crippen molar-refractivity contribution in [3.63, 3.8) is 0 Å². The van der Waals surface area contributed by atoms with E-state index in [-0.39, 0.29) is 17.9 Å². The lowest BCUT2D eigenvalue weighted by molar-refractivity contribution is -0.139. The van der Waals surface area contributed by atoms with Crippen molar-refractivity contribution >= 4 is 11.8 Å². The van der Waals surface area contributed by atoms with Gasteiger partial charge in [0.2, 0.25) is 11.8 Å².